The highest BCUT2D eigenvalue weighted by atomic mass is 32.2. The van der Waals surface area contributed by atoms with Crippen molar-refractivity contribution in [1.82, 2.24) is 20.2 Å². The number of carbonyl (C=O) groups is 3. The van der Waals surface area contributed by atoms with Crippen LogP contribution in [0.5, 0.6) is 0 Å². The van der Waals surface area contributed by atoms with Crippen molar-refractivity contribution in [1.29, 1.82) is 0 Å². The molecule has 0 unspecified atom stereocenters. The summed E-state index contributed by atoms with van der Waals surface area (Å²) in [5.41, 5.74) is -2.79. The molecule has 2 fully saturated rings. The van der Waals surface area contributed by atoms with Gasteiger partial charge in [-0.05, 0) is 45.4 Å². The minimum Gasteiger partial charge on any atom is -0.481 e. The minimum atomic E-state index is -2.05. The fourth-order valence-corrected chi connectivity index (χ4v) is 6.27. The van der Waals surface area contributed by atoms with Crippen molar-refractivity contribution in [2.24, 2.45) is 28.8 Å². The van der Waals surface area contributed by atoms with Gasteiger partial charge in [-0.2, -0.15) is 5.10 Å². The lowest BCUT2D eigenvalue weighted by Gasteiger charge is -2.38. The van der Waals surface area contributed by atoms with Gasteiger partial charge >= 0.3 is 11.9 Å². The van der Waals surface area contributed by atoms with Crippen LogP contribution in [-0.4, -0.2) is 76.8 Å². The third-order valence-electron chi connectivity index (χ3n) is 6.06. The van der Waals surface area contributed by atoms with E-state index in [9.17, 15) is 29.4 Å². The van der Waals surface area contributed by atoms with Crippen molar-refractivity contribution in [3.05, 3.63) is 6.33 Å². The molecule has 0 bridgehead atoms. The van der Waals surface area contributed by atoms with Crippen LogP contribution in [0, 0.1) is 23.7 Å². The van der Waals surface area contributed by atoms with Gasteiger partial charge < -0.3 is 14.9 Å². The second kappa shape index (κ2) is 9.47. The van der Waals surface area contributed by atoms with Crippen LogP contribution < -0.4 is 0 Å². The quantitative estimate of drug-likeness (QED) is 0.246. The first-order valence-electron chi connectivity index (χ1n) is 10.9. The molecule has 1 amide bonds. The number of carboxylic acid groups (broad SMARTS) is 2. The average Bonchev–Trinajstić information content (AvgIpc) is 3.08. The Labute approximate surface area is 200 Å². The maximum atomic E-state index is 13.7. The largest absolute Gasteiger partial charge is 0.481 e. The number of aliphatic carboxylic acids is 2. The van der Waals surface area contributed by atoms with Crippen LogP contribution in [0.3, 0.4) is 0 Å². The summed E-state index contributed by atoms with van der Waals surface area (Å²) >= 11 is 1.16. The van der Waals surface area contributed by atoms with E-state index in [4.69, 9.17) is 4.74 Å². The Bertz CT molecular complexity index is 988. The number of aromatic nitrogens is 3. The van der Waals surface area contributed by atoms with E-state index < -0.39 is 58.1 Å². The number of amides is 1. The highest BCUT2D eigenvalue weighted by molar-refractivity contribution is 7.99. The second-order valence-corrected chi connectivity index (χ2v) is 11.3. The first-order valence-corrected chi connectivity index (χ1v) is 11.8. The molecule has 3 N–H and O–H groups in total. The topological polar surface area (TPSA) is 175 Å². The molecule has 0 spiro atoms. The van der Waals surface area contributed by atoms with Crippen LogP contribution >= 0.6 is 11.8 Å². The zero-order chi connectivity index (χ0) is 25.4. The second-order valence-electron chi connectivity index (χ2n) is 10.0. The fraction of sp³-hybridized carbons (Fsp3) is 0.714. The van der Waals surface area contributed by atoms with Gasteiger partial charge in [-0.3, -0.25) is 14.7 Å². The molecule has 34 heavy (non-hydrogen) atoms. The first-order chi connectivity index (χ1) is 15.8. The summed E-state index contributed by atoms with van der Waals surface area (Å²) in [5.74, 6) is -5.93. The highest BCUT2D eigenvalue weighted by Crippen LogP contribution is 2.67. The number of rotatable bonds is 10. The summed E-state index contributed by atoms with van der Waals surface area (Å²) in [6, 6.07) is 0. The summed E-state index contributed by atoms with van der Waals surface area (Å²) < 4.78 is 5.94. The summed E-state index contributed by atoms with van der Waals surface area (Å²) in [4.78, 5) is 53.8. The molecule has 2 aliphatic rings. The van der Waals surface area contributed by atoms with E-state index in [1.807, 2.05) is 13.8 Å². The number of nitrogens with one attached hydrogen (secondary N) is 1. The number of carboxylic acids is 2. The van der Waals surface area contributed by atoms with Crippen LogP contribution in [0.15, 0.2) is 16.6 Å². The summed E-state index contributed by atoms with van der Waals surface area (Å²) in [6.45, 7) is 9.02. The molecule has 12 nitrogen and oxygen atoms in total. The number of carbonyl (C=O) groups excluding carboxylic acids is 2. The molecule has 0 aliphatic heterocycles. The number of nitrogens with zero attached hydrogens (tertiary/aromatic N) is 4. The lowest BCUT2D eigenvalue weighted by molar-refractivity contribution is -0.173. The van der Waals surface area contributed by atoms with Crippen LogP contribution in [0.4, 0.5) is 0 Å². The Hall–Kier alpha value is -2.76. The van der Waals surface area contributed by atoms with Gasteiger partial charge in [0.2, 0.25) is 0 Å². The molecule has 186 valence electrons. The third-order valence-corrected chi connectivity index (χ3v) is 7.27. The van der Waals surface area contributed by atoms with Crippen molar-refractivity contribution in [3.63, 3.8) is 0 Å². The molecule has 2 saturated carbocycles. The van der Waals surface area contributed by atoms with Crippen molar-refractivity contribution < 1.29 is 34.1 Å². The molecular formula is C21H29N5O7S. The Morgan fingerprint density at radius 2 is 2.06 bits per heavy atom. The number of hydrazone groups is 1. The van der Waals surface area contributed by atoms with Crippen molar-refractivity contribution in [2.75, 3.05) is 0 Å². The minimum absolute atomic E-state index is 0.0120. The van der Waals surface area contributed by atoms with Gasteiger partial charge in [-0.1, -0.05) is 30.7 Å². The number of ether oxygens (including phenoxy) is 1. The Morgan fingerprint density at radius 3 is 2.53 bits per heavy atom. The van der Waals surface area contributed by atoms with E-state index in [0.717, 1.165) is 11.8 Å². The first kappa shape index (κ1) is 25.9. The Morgan fingerprint density at radius 1 is 1.38 bits per heavy atom. The van der Waals surface area contributed by atoms with Gasteiger partial charge in [0.15, 0.2) is 10.7 Å². The number of thioether (sulfide) groups is 1. The predicted octanol–water partition coefficient (Wildman–Crippen LogP) is 1.75. The molecule has 0 radical (unpaired) electrons. The number of fused-ring (bicyclic) bond motifs is 1. The van der Waals surface area contributed by atoms with Crippen LogP contribution in [-0.2, 0) is 23.9 Å². The van der Waals surface area contributed by atoms with Crippen LogP contribution in [0.1, 0.15) is 47.5 Å². The maximum Gasteiger partial charge on any atom is 0.332 e. The lowest BCUT2D eigenvalue weighted by Crippen LogP contribution is -2.59. The monoisotopic (exact) mass is 495 g/mol. The Kier molecular flexibility index (Phi) is 7.20. The van der Waals surface area contributed by atoms with E-state index in [1.54, 1.807) is 20.8 Å². The highest BCUT2D eigenvalue weighted by Gasteiger charge is 2.78. The molecule has 0 aromatic carbocycles. The van der Waals surface area contributed by atoms with Crippen molar-refractivity contribution in [2.45, 2.75) is 75.1 Å². The van der Waals surface area contributed by atoms with E-state index >= 15 is 0 Å². The van der Waals surface area contributed by atoms with Gasteiger partial charge in [0, 0.05) is 11.2 Å². The zero-order valence-corrected chi connectivity index (χ0v) is 20.4. The van der Waals surface area contributed by atoms with Gasteiger partial charge in [-0.15, -0.1) is 0 Å². The molecule has 2 aliphatic carbocycles. The van der Waals surface area contributed by atoms with E-state index in [2.05, 4.69) is 20.3 Å². The molecule has 6 atom stereocenters. The molecular weight excluding hydrogens is 466 g/mol. The normalized spacial score (nSPS) is 28.6. The number of H-pyrrole nitrogens is 1. The number of aromatic amines is 1. The van der Waals surface area contributed by atoms with Crippen LogP contribution in [0.2, 0.25) is 0 Å². The summed E-state index contributed by atoms with van der Waals surface area (Å²) in [7, 11) is 0. The lowest BCUT2D eigenvalue weighted by atomic mass is 9.88. The maximum absolute atomic E-state index is 13.7. The predicted molar refractivity (Wildman–Crippen MR) is 118 cm³/mol. The molecule has 1 heterocycles. The van der Waals surface area contributed by atoms with Gasteiger partial charge in [0.25, 0.3) is 12.0 Å². The Balaban J connectivity index is 2.05. The summed E-state index contributed by atoms with van der Waals surface area (Å²) in [5, 5.41) is 30.6. The smallest absolute Gasteiger partial charge is 0.332 e. The fourth-order valence-electron chi connectivity index (χ4n) is 4.94. The number of isocyanates is 1. The van der Waals surface area contributed by atoms with Gasteiger partial charge in [0.05, 0.1) is 11.5 Å². The van der Waals surface area contributed by atoms with E-state index in [-0.39, 0.29) is 18.8 Å². The third kappa shape index (κ3) is 4.86. The van der Waals surface area contributed by atoms with E-state index in [1.165, 1.54) is 12.4 Å². The molecule has 1 aromatic heterocycles. The molecule has 3 rings (SSSR count). The van der Waals surface area contributed by atoms with Crippen molar-refractivity contribution in [3.8, 4) is 0 Å². The van der Waals surface area contributed by atoms with Crippen LogP contribution in [0.25, 0.3) is 0 Å². The molecule has 13 heteroatoms. The number of hydrogen-bond acceptors (Lipinski definition) is 9. The van der Waals surface area contributed by atoms with Crippen molar-refractivity contribution >= 4 is 35.7 Å². The summed E-state index contributed by atoms with van der Waals surface area (Å²) in [6.07, 6.45) is 1.62. The molecule has 0 saturated heterocycles. The van der Waals surface area contributed by atoms with Gasteiger partial charge in [0.1, 0.15) is 12.4 Å². The zero-order valence-electron chi connectivity index (χ0n) is 19.6. The van der Waals surface area contributed by atoms with E-state index in [0.29, 0.717) is 10.2 Å². The standard InChI is InChI=1S/C21H29N5O7S/c1-10(2)6-11(33-20(3,4)5)16(28)26(24-9-27)21(18(31)32)7-12(34-19-22-8-23-25-19)13-14(15(13)21)17(29)30/h8,10-15H,6-7H2,1-5H3,(H,29,30)(H,31,32)(H,22,23,25)/t11-,12-,13-,14-,15-,21-/m0/s1. The average molecular weight is 496 g/mol. The molecule has 1 aromatic rings. The van der Waals surface area contributed by atoms with Gasteiger partial charge in [-0.25, -0.2) is 19.6 Å². The number of hydrogen-bond donors (Lipinski definition) is 3. The SMILES string of the molecule is CC(C)C[C@H](OC(C)(C)C)C(=O)N(N=C=O)[C@@]1(C(=O)O)C[C@H](Sc2ncn[nH]2)[C@H]2[C@H](C(=O)O)[C@H]21.